The maximum absolute atomic E-state index is 5.27. The van der Waals surface area contributed by atoms with Gasteiger partial charge < -0.3 is 4.74 Å². The summed E-state index contributed by atoms with van der Waals surface area (Å²) in [5.41, 5.74) is 1.33. The molecule has 0 bridgehead atoms. The van der Waals surface area contributed by atoms with Crippen molar-refractivity contribution in [2.24, 2.45) is 0 Å². The fourth-order valence-corrected chi connectivity index (χ4v) is 2.11. The van der Waals surface area contributed by atoms with Crippen LogP contribution in [0, 0.1) is 11.8 Å². The average Bonchev–Trinajstić information content (AvgIpc) is 2.50. The molecule has 0 amide bonds. The van der Waals surface area contributed by atoms with E-state index in [1.807, 2.05) is 6.07 Å². The third kappa shape index (κ3) is 5.67. The molecule has 0 radical (unpaired) electrons. The number of benzene rings is 1. The number of methoxy groups -OCH3 is 1. The van der Waals surface area contributed by atoms with E-state index >= 15 is 0 Å². The van der Waals surface area contributed by atoms with Crippen molar-refractivity contribution in [2.75, 3.05) is 26.7 Å². The summed E-state index contributed by atoms with van der Waals surface area (Å²) < 4.78 is 5.27. The molecule has 110 valence electrons. The molecule has 0 fully saturated rings. The molecule has 1 atom stereocenters. The van der Waals surface area contributed by atoms with Crippen molar-refractivity contribution in [1.29, 1.82) is 0 Å². The van der Waals surface area contributed by atoms with Crippen molar-refractivity contribution in [1.82, 2.24) is 4.90 Å². The van der Waals surface area contributed by atoms with Gasteiger partial charge in [-0.3, -0.25) is 4.90 Å². The van der Waals surface area contributed by atoms with Gasteiger partial charge in [0.2, 0.25) is 0 Å². The van der Waals surface area contributed by atoms with E-state index in [0.717, 1.165) is 38.2 Å². The van der Waals surface area contributed by atoms with Gasteiger partial charge in [-0.25, -0.2) is 0 Å². The highest BCUT2D eigenvalue weighted by Crippen LogP contribution is 2.23. The first kappa shape index (κ1) is 16.6. The Bertz CT molecular complexity index is 440. The molecule has 2 nitrogen and oxygen atoms in total. The van der Waals surface area contributed by atoms with Gasteiger partial charge in [0, 0.05) is 6.42 Å². The van der Waals surface area contributed by atoms with Crippen LogP contribution in [0.5, 0.6) is 5.75 Å². The van der Waals surface area contributed by atoms with Gasteiger partial charge in [-0.05, 0) is 43.1 Å². The van der Waals surface area contributed by atoms with Gasteiger partial charge >= 0.3 is 0 Å². The zero-order chi connectivity index (χ0) is 14.8. The van der Waals surface area contributed by atoms with Crippen molar-refractivity contribution >= 4 is 0 Å². The molecule has 20 heavy (non-hydrogen) atoms. The molecule has 1 rings (SSSR count). The molecule has 0 saturated carbocycles. The SMILES string of the molecule is CCN(CC)CC#CCCC(C)c1cccc(OC)c1. The summed E-state index contributed by atoms with van der Waals surface area (Å²) in [6.45, 7) is 9.64. The summed E-state index contributed by atoms with van der Waals surface area (Å²) in [5, 5.41) is 0. The molecule has 1 aromatic rings. The second-order valence-electron chi connectivity index (χ2n) is 5.03. The Morgan fingerprint density at radius 1 is 1.20 bits per heavy atom. The summed E-state index contributed by atoms with van der Waals surface area (Å²) in [6.07, 6.45) is 2.05. The fourth-order valence-electron chi connectivity index (χ4n) is 2.11. The Morgan fingerprint density at radius 2 is 1.95 bits per heavy atom. The van der Waals surface area contributed by atoms with Gasteiger partial charge in [-0.2, -0.15) is 0 Å². The molecule has 0 aliphatic carbocycles. The van der Waals surface area contributed by atoms with Crippen LogP contribution in [0.15, 0.2) is 24.3 Å². The van der Waals surface area contributed by atoms with Crippen LogP contribution in [0.25, 0.3) is 0 Å². The van der Waals surface area contributed by atoms with E-state index < -0.39 is 0 Å². The third-order valence-electron chi connectivity index (χ3n) is 3.69. The quantitative estimate of drug-likeness (QED) is 0.698. The molecular weight excluding hydrogens is 246 g/mol. The second-order valence-corrected chi connectivity index (χ2v) is 5.03. The third-order valence-corrected chi connectivity index (χ3v) is 3.69. The first-order valence-corrected chi connectivity index (χ1v) is 7.53. The number of hydrogen-bond acceptors (Lipinski definition) is 2. The number of ether oxygens (including phenoxy) is 1. The van der Waals surface area contributed by atoms with Crippen LogP contribution in [-0.2, 0) is 0 Å². The summed E-state index contributed by atoms with van der Waals surface area (Å²) in [5.74, 6) is 8.01. The van der Waals surface area contributed by atoms with E-state index in [2.05, 4.69) is 55.7 Å². The smallest absolute Gasteiger partial charge is 0.119 e. The van der Waals surface area contributed by atoms with Gasteiger partial charge in [0.05, 0.1) is 13.7 Å². The summed E-state index contributed by atoms with van der Waals surface area (Å²) in [6, 6.07) is 8.32. The van der Waals surface area contributed by atoms with Crippen LogP contribution in [0.3, 0.4) is 0 Å². The first-order chi connectivity index (χ1) is 9.71. The van der Waals surface area contributed by atoms with Crippen LogP contribution in [0.2, 0.25) is 0 Å². The highest BCUT2D eigenvalue weighted by Gasteiger charge is 2.05. The zero-order valence-corrected chi connectivity index (χ0v) is 13.3. The standard InChI is InChI=1S/C18H27NO/c1-5-19(6-2)14-9-7-8-11-16(3)17-12-10-13-18(15-17)20-4/h10,12-13,15-16H,5-6,8,11,14H2,1-4H3. The number of nitrogens with zero attached hydrogens (tertiary/aromatic N) is 1. The van der Waals surface area contributed by atoms with Crippen LogP contribution >= 0.6 is 0 Å². The summed E-state index contributed by atoms with van der Waals surface area (Å²) in [7, 11) is 1.71. The Hall–Kier alpha value is -1.46. The zero-order valence-electron chi connectivity index (χ0n) is 13.3. The van der Waals surface area contributed by atoms with Crippen molar-refractivity contribution in [3.8, 4) is 17.6 Å². The van der Waals surface area contributed by atoms with Crippen molar-refractivity contribution in [2.45, 2.75) is 39.5 Å². The average molecular weight is 273 g/mol. The molecule has 0 aliphatic rings. The van der Waals surface area contributed by atoms with Crippen LogP contribution < -0.4 is 4.74 Å². The molecule has 0 N–H and O–H groups in total. The first-order valence-electron chi connectivity index (χ1n) is 7.53. The maximum Gasteiger partial charge on any atom is 0.119 e. The lowest BCUT2D eigenvalue weighted by Crippen LogP contribution is -2.22. The molecule has 0 heterocycles. The van der Waals surface area contributed by atoms with Gasteiger partial charge in [0.1, 0.15) is 5.75 Å². The predicted molar refractivity (Wildman–Crippen MR) is 86.2 cm³/mol. The largest absolute Gasteiger partial charge is 0.497 e. The van der Waals surface area contributed by atoms with E-state index in [4.69, 9.17) is 4.74 Å². The number of hydrogen-bond donors (Lipinski definition) is 0. The normalized spacial score (nSPS) is 11.8. The lowest BCUT2D eigenvalue weighted by atomic mass is 9.96. The molecule has 0 aliphatic heterocycles. The Morgan fingerprint density at radius 3 is 2.60 bits per heavy atom. The monoisotopic (exact) mass is 273 g/mol. The van der Waals surface area contributed by atoms with E-state index in [1.54, 1.807) is 7.11 Å². The van der Waals surface area contributed by atoms with Gasteiger partial charge in [-0.15, -0.1) is 5.92 Å². The Kier molecular flexibility index (Phi) is 7.84. The Labute approximate surface area is 124 Å². The fraction of sp³-hybridized carbons (Fsp3) is 0.556. The van der Waals surface area contributed by atoms with Crippen LogP contribution in [-0.4, -0.2) is 31.6 Å². The summed E-state index contributed by atoms with van der Waals surface area (Å²) in [4.78, 5) is 2.33. The molecular formula is C18H27NO. The maximum atomic E-state index is 5.27. The van der Waals surface area contributed by atoms with Crippen molar-refractivity contribution in [3.05, 3.63) is 29.8 Å². The molecule has 2 heteroatoms. The lowest BCUT2D eigenvalue weighted by molar-refractivity contribution is 0.342. The molecule has 0 saturated heterocycles. The predicted octanol–water partition coefficient (Wildman–Crippen LogP) is 3.92. The summed E-state index contributed by atoms with van der Waals surface area (Å²) >= 11 is 0. The van der Waals surface area contributed by atoms with E-state index in [9.17, 15) is 0 Å². The topological polar surface area (TPSA) is 12.5 Å². The molecule has 0 aromatic heterocycles. The number of rotatable bonds is 7. The van der Waals surface area contributed by atoms with Crippen molar-refractivity contribution < 1.29 is 4.74 Å². The minimum atomic E-state index is 0.521. The van der Waals surface area contributed by atoms with E-state index in [-0.39, 0.29) is 0 Å². The van der Waals surface area contributed by atoms with Gasteiger partial charge in [0.25, 0.3) is 0 Å². The van der Waals surface area contributed by atoms with Gasteiger partial charge in [-0.1, -0.05) is 38.8 Å². The molecule has 0 spiro atoms. The van der Waals surface area contributed by atoms with E-state index in [1.165, 1.54) is 5.56 Å². The van der Waals surface area contributed by atoms with Gasteiger partial charge in [0.15, 0.2) is 0 Å². The lowest BCUT2D eigenvalue weighted by Gasteiger charge is -2.13. The van der Waals surface area contributed by atoms with Crippen LogP contribution in [0.1, 0.15) is 45.1 Å². The second kappa shape index (κ2) is 9.44. The molecule has 1 unspecified atom stereocenters. The minimum Gasteiger partial charge on any atom is -0.497 e. The van der Waals surface area contributed by atoms with Crippen LogP contribution in [0.4, 0.5) is 0 Å². The molecule has 1 aromatic carbocycles. The van der Waals surface area contributed by atoms with Crippen molar-refractivity contribution in [3.63, 3.8) is 0 Å². The minimum absolute atomic E-state index is 0.521. The highest BCUT2D eigenvalue weighted by atomic mass is 16.5. The Balaban J connectivity index is 2.39. The van der Waals surface area contributed by atoms with E-state index in [0.29, 0.717) is 5.92 Å². The highest BCUT2D eigenvalue weighted by molar-refractivity contribution is 5.30.